The average Bonchev–Trinajstić information content (AvgIpc) is 2.86. The SMILES string of the molecule is C[C@]12CCCC[C@H]1CC[C@H]1[C@H]3CC[C@@](O)(CNCCO)[C@]3(C)CC[C@@H]12. The minimum atomic E-state index is -0.581. The minimum Gasteiger partial charge on any atom is -0.395 e. The number of fused-ring (bicyclic) bond motifs is 5. The molecule has 7 atom stereocenters. The van der Waals surface area contributed by atoms with Gasteiger partial charge in [-0.3, -0.25) is 0 Å². The van der Waals surface area contributed by atoms with Crippen molar-refractivity contribution in [2.24, 2.45) is 34.5 Å². The molecule has 0 radical (unpaired) electrons. The second kappa shape index (κ2) is 6.49. The lowest BCUT2D eigenvalue weighted by atomic mass is 9.44. The van der Waals surface area contributed by atoms with Crippen LogP contribution in [-0.4, -0.2) is 35.5 Å². The molecule has 4 aliphatic carbocycles. The number of nitrogens with one attached hydrogen (secondary N) is 1. The number of hydrogen-bond acceptors (Lipinski definition) is 3. The van der Waals surface area contributed by atoms with Gasteiger partial charge in [-0.1, -0.05) is 26.7 Å². The Labute approximate surface area is 154 Å². The third-order valence-corrected chi connectivity index (χ3v) is 9.61. The van der Waals surface area contributed by atoms with Crippen molar-refractivity contribution >= 4 is 0 Å². The van der Waals surface area contributed by atoms with Gasteiger partial charge in [-0.05, 0) is 80.5 Å². The quantitative estimate of drug-likeness (QED) is 0.678. The second-order valence-corrected chi connectivity index (χ2v) is 10.3. The van der Waals surface area contributed by atoms with Crippen molar-refractivity contribution in [3.05, 3.63) is 0 Å². The van der Waals surface area contributed by atoms with E-state index in [0.717, 1.165) is 24.2 Å². The predicted octanol–water partition coefficient (Wildman–Crippen LogP) is 3.73. The van der Waals surface area contributed by atoms with Crippen molar-refractivity contribution in [2.45, 2.75) is 83.7 Å². The Morgan fingerprint density at radius 3 is 2.52 bits per heavy atom. The minimum absolute atomic E-state index is 0.0640. The van der Waals surface area contributed by atoms with E-state index in [1.807, 2.05) is 0 Å². The highest BCUT2D eigenvalue weighted by molar-refractivity contribution is 5.14. The van der Waals surface area contributed by atoms with Crippen LogP contribution in [0.1, 0.15) is 78.1 Å². The van der Waals surface area contributed by atoms with E-state index in [4.69, 9.17) is 5.11 Å². The van der Waals surface area contributed by atoms with Gasteiger partial charge in [-0.25, -0.2) is 0 Å². The topological polar surface area (TPSA) is 52.5 Å². The second-order valence-electron chi connectivity index (χ2n) is 10.3. The summed E-state index contributed by atoms with van der Waals surface area (Å²) in [5.74, 6) is 3.41. The summed E-state index contributed by atoms with van der Waals surface area (Å²) in [7, 11) is 0. The van der Waals surface area contributed by atoms with Gasteiger partial charge in [0.2, 0.25) is 0 Å². The van der Waals surface area contributed by atoms with E-state index in [1.54, 1.807) is 0 Å². The first-order valence-corrected chi connectivity index (χ1v) is 11.0. The Hall–Kier alpha value is -0.120. The lowest BCUT2D eigenvalue weighted by Gasteiger charge is -2.61. The Morgan fingerprint density at radius 2 is 1.72 bits per heavy atom. The highest BCUT2D eigenvalue weighted by Crippen LogP contribution is 2.68. The molecule has 0 aromatic heterocycles. The van der Waals surface area contributed by atoms with Crippen LogP contribution >= 0.6 is 0 Å². The molecule has 0 unspecified atom stereocenters. The first-order chi connectivity index (χ1) is 11.9. The molecule has 3 nitrogen and oxygen atoms in total. The summed E-state index contributed by atoms with van der Waals surface area (Å²) in [6, 6.07) is 0. The molecule has 0 bridgehead atoms. The lowest BCUT2D eigenvalue weighted by molar-refractivity contribution is -0.150. The average molecular weight is 350 g/mol. The van der Waals surface area contributed by atoms with Crippen LogP contribution < -0.4 is 5.32 Å². The Bertz CT molecular complexity index is 496. The van der Waals surface area contributed by atoms with Crippen LogP contribution in [0, 0.1) is 34.5 Å². The summed E-state index contributed by atoms with van der Waals surface area (Å²) in [5, 5.41) is 23.9. The zero-order valence-electron chi connectivity index (χ0n) is 16.4. The zero-order chi connectivity index (χ0) is 17.7. The zero-order valence-corrected chi connectivity index (χ0v) is 16.4. The van der Waals surface area contributed by atoms with Gasteiger partial charge in [0.15, 0.2) is 0 Å². The Balaban J connectivity index is 1.55. The van der Waals surface area contributed by atoms with Crippen LogP contribution in [0.5, 0.6) is 0 Å². The van der Waals surface area contributed by atoms with Crippen LogP contribution in [0.25, 0.3) is 0 Å². The molecule has 25 heavy (non-hydrogen) atoms. The van der Waals surface area contributed by atoms with E-state index in [1.165, 1.54) is 57.8 Å². The molecular formula is C22H39NO2. The molecule has 0 heterocycles. The van der Waals surface area contributed by atoms with Crippen molar-refractivity contribution in [3.63, 3.8) is 0 Å². The van der Waals surface area contributed by atoms with Crippen LogP contribution in [0.2, 0.25) is 0 Å². The normalized spacial score (nSPS) is 52.3. The maximum Gasteiger partial charge on any atom is 0.0827 e. The summed E-state index contributed by atoms with van der Waals surface area (Å²) < 4.78 is 0. The molecule has 4 aliphatic rings. The maximum atomic E-state index is 11.5. The van der Waals surface area contributed by atoms with Crippen molar-refractivity contribution in [3.8, 4) is 0 Å². The standard InChI is InChI=1S/C22H39NO2/c1-20-10-4-3-5-16(20)6-7-17-18(20)8-11-21(2)19(17)9-12-22(21,25)15-23-13-14-24/h16-19,23-25H,3-15H2,1-2H3/t16-,17+,18-,19+,20-,21+,22+/m0/s1. The molecule has 4 fully saturated rings. The molecular weight excluding hydrogens is 310 g/mol. The summed E-state index contributed by atoms with van der Waals surface area (Å²) in [6.45, 7) is 6.41. The molecule has 0 aliphatic heterocycles. The highest BCUT2D eigenvalue weighted by Gasteiger charge is 2.64. The van der Waals surface area contributed by atoms with Gasteiger partial charge in [-0.2, -0.15) is 0 Å². The number of rotatable bonds is 4. The lowest BCUT2D eigenvalue weighted by Crippen LogP contribution is -2.58. The molecule has 0 spiro atoms. The van der Waals surface area contributed by atoms with Crippen LogP contribution in [0.4, 0.5) is 0 Å². The van der Waals surface area contributed by atoms with Crippen molar-refractivity contribution in [1.82, 2.24) is 5.32 Å². The predicted molar refractivity (Wildman–Crippen MR) is 101 cm³/mol. The van der Waals surface area contributed by atoms with Crippen LogP contribution in [0.15, 0.2) is 0 Å². The molecule has 3 N–H and O–H groups in total. The fourth-order valence-corrected chi connectivity index (χ4v) is 8.07. The van der Waals surface area contributed by atoms with E-state index in [-0.39, 0.29) is 12.0 Å². The molecule has 4 rings (SSSR count). The van der Waals surface area contributed by atoms with E-state index in [9.17, 15) is 5.11 Å². The first kappa shape index (κ1) is 18.3. The first-order valence-electron chi connectivity index (χ1n) is 11.0. The summed E-state index contributed by atoms with van der Waals surface area (Å²) in [5.41, 5.74) is 0.0644. The third kappa shape index (κ3) is 2.63. The smallest absolute Gasteiger partial charge is 0.0827 e. The molecule has 0 aromatic carbocycles. The molecule has 144 valence electrons. The van der Waals surface area contributed by atoms with Gasteiger partial charge in [0.1, 0.15) is 0 Å². The molecule has 3 heteroatoms. The number of aliphatic hydroxyl groups is 2. The van der Waals surface area contributed by atoms with Gasteiger partial charge in [0.25, 0.3) is 0 Å². The van der Waals surface area contributed by atoms with E-state index in [2.05, 4.69) is 19.2 Å². The fraction of sp³-hybridized carbons (Fsp3) is 1.00. The molecule has 4 saturated carbocycles. The molecule has 0 aromatic rings. The van der Waals surface area contributed by atoms with Crippen molar-refractivity contribution in [2.75, 3.05) is 19.7 Å². The Kier molecular flexibility index (Phi) is 4.74. The highest BCUT2D eigenvalue weighted by atomic mass is 16.3. The van der Waals surface area contributed by atoms with Crippen molar-refractivity contribution in [1.29, 1.82) is 0 Å². The van der Waals surface area contributed by atoms with Gasteiger partial charge in [-0.15, -0.1) is 0 Å². The largest absolute Gasteiger partial charge is 0.395 e. The van der Waals surface area contributed by atoms with Gasteiger partial charge >= 0.3 is 0 Å². The number of hydrogen-bond donors (Lipinski definition) is 3. The van der Waals surface area contributed by atoms with Gasteiger partial charge in [0, 0.05) is 18.5 Å². The number of aliphatic hydroxyl groups excluding tert-OH is 1. The van der Waals surface area contributed by atoms with Gasteiger partial charge in [0.05, 0.1) is 12.2 Å². The third-order valence-electron chi connectivity index (χ3n) is 9.61. The molecule has 0 amide bonds. The fourth-order valence-electron chi connectivity index (χ4n) is 8.07. The van der Waals surface area contributed by atoms with Gasteiger partial charge < -0.3 is 15.5 Å². The van der Waals surface area contributed by atoms with E-state index >= 15 is 0 Å². The maximum absolute atomic E-state index is 11.5. The summed E-state index contributed by atoms with van der Waals surface area (Å²) in [4.78, 5) is 0. The van der Waals surface area contributed by atoms with E-state index in [0.29, 0.717) is 24.4 Å². The van der Waals surface area contributed by atoms with Crippen molar-refractivity contribution < 1.29 is 10.2 Å². The van der Waals surface area contributed by atoms with Crippen LogP contribution in [0.3, 0.4) is 0 Å². The molecule has 0 saturated heterocycles. The monoisotopic (exact) mass is 349 g/mol. The summed E-state index contributed by atoms with van der Waals surface area (Å²) in [6.07, 6.45) is 13.3. The van der Waals surface area contributed by atoms with Crippen LogP contribution in [-0.2, 0) is 0 Å². The van der Waals surface area contributed by atoms with E-state index < -0.39 is 5.60 Å². The Morgan fingerprint density at radius 1 is 0.920 bits per heavy atom. The summed E-state index contributed by atoms with van der Waals surface area (Å²) >= 11 is 0.